The lowest BCUT2D eigenvalue weighted by Crippen LogP contribution is -2.31. The largest absolute Gasteiger partial charge is 0.481 e. The van der Waals surface area contributed by atoms with E-state index in [1.807, 2.05) is 38.1 Å². The van der Waals surface area contributed by atoms with E-state index >= 15 is 0 Å². The van der Waals surface area contributed by atoms with Gasteiger partial charge in [-0.3, -0.25) is 0 Å². The van der Waals surface area contributed by atoms with E-state index in [1.165, 1.54) is 0 Å². The monoisotopic (exact) mass is 277 g/mol. The summed E-state index contributed by atoms with van der Waals surface area (Å²) in [6.45, 7) is 6.76. The van der Waals surface area contributed by atoms with Gasteiger partial charge in [0.2, 0.25) is 0 Å². The number of nitrogens with one attached hydrogen (secondary N) is 1. The molecule has 0 saturated carbocycles. The van der Waals surface area contributed by atoms with Crippen LogP contribution < -0.4 is 10.1 Å². The molecule has 0 aliphatic carbocycles. The van der Waals surface area contributed by atoms with Crippen LogP contribution in [0.2, 0.25) is 0 Å². The Morgan fingerprint density at radius 1 is 1.20 bits per heavy atom. The predicted molar refractivity (Wildman–Crippen MR) is 79.5 cm³/mol. The SMILES string of the molecule is C#CCOc1ccccc1CNCC(OCC)OCC. The molecule has 1 aromatic rings. The van der Waals surface area contributed by atoms with Crippen LogP contribution in [0.3, 0.4) is 0 Å². The maximum absolute atomic E-state index is 5.50. The van der Waals surface area contributed by atoms with Gasteiger partial charge in [0.25, 0.3) is 0 Å². The number of rotatable bonds is 10. The van der Waals surface area contributed by atoms with Gasteiger partial charge in [0.15, 0.2) is 6.29 Å². The molecule has 110 valence electrons. The van der Waals surface area contributed by atoms with E-state index in [2.05, 4.69) is 11.2 Å². The topological polar surface area (TPSA) is 39.7 Å². The maximum atomic E-state index is 5.50. The quantitative estimate of drug-likeness (QED) is 0.526. The predicted octanol–water partition coefficient (Wildman–Crippen LogP) is 2.19. The molecule has 20 heavy (non-hydrogen) atoms. The van der Waals surface area contributed by atoms with Crippen molar-refractivity contribution in [2.75, 3.05) is 26.4 Å². The normalized spacial score (nSPS) is 10.5. The zero-order valence-corrected chi connectivity index (χ0v) is 12.2. The van der Waals surface area contributed by atoms with Gasteiger partial charge in [-0.25, -0.2) is 0 Å². The lowest BCUT2D eigenvalue weighted by Gasteiger charge is -2.18. The Labute approximate surface area is 121 Å². The average molecular weight is 277 g/mol. The molecule has 0 saturated heterocycles. The van der Waals surface area contributed by atoms with Crippen LogP contribution in [-0.2, 0) is 16.0 Å². The fourth-order valence-electron chi connectivity index (χ4n) is 1.77. The first-order chi connectivity index (χ1) is 9.81. The minimum Gasteiger partial charge on any atom is -0.481 e. The highest BCUT2D eigenvalue weighted by Crippen LogP contribution is 2.17. The van der Waals surface area contributed by atoms with Crippen molar-refractivity contribution >= 4 is 0 Å². The van der Waals surface area contributed by atoms with Crippen LogP contribution in [0.15, 0.2) is 24.3 Å². The number of para-hydroxylation sites is 1. The fourth-order valence-corrected chi connectivity index (χ4v) is 1.77. The zero-order valence-electron chi connectivity index (χ0n) is 12.2. The molecule has 0 spiro atoms. The van der Waals surface area contributed by atoms with E-state index in [9.17, 15) is 0 Å². The van der Waals surface area contributed by atoms with Crippen molar-refractivity contribution in [3.63, 3.8) is 0 Å². The number of terminal acetylenes is 1. The van der Waals surface area contributed by atoms with Crippen LogP contribution in [0.25, 0.3) is 0 Å². The number of ether oxygens (including phenoxy) is 3. The first-order valence-electron chi connectivity index (χ1n) is 6.89. The van der Waals surface area contributed by atoms with Gasteiger partial charge in [0.05, 0.1) is 0 Å². The molecule has 1 N–H and O–H groups in total. The van der Waals surface area contributed by atoms with Crippen molar-refractivity contribution in [3.05, 3.63) is 29.8 Å². The van der Waals surface area contributed by atoms with Gasteiger partial charge in [-0.05, 0) is 19.9 Å². The van der Waals surface area contributed by atoms with Gasteiger partial charge in [-0.1, -0.05) is 24.1 Å². The molecule has 0 amide bonds. The summed E-state index contributed by atoms with van der Waals surface area (Å²) in [5, 5.41) is 3.31. The molecular formula is C16H23NO3. The van der Waals surface area contributed by atoms with Crippen LogP contribution in [-0.4, -0.2) is 32.7 Å². The Hall–Kier alpha value is -1.54. The van der Waals surface area contributed by atoms with Crippen molar-refractivity contribution in [3.8, 4) is 18.1 Å². The van der Waals surface area contributed by atoms with Crippen LogP contribution in [0, 0.1) is 12.3 Å². The Morgan fingerprint density at radius 2 is 1.90 bits per heavy atom. The van der Waals surface area contributed by atoms with Crippen molar-refractivity contribution in [2.45, 2.75) is 26.7 Å². The van der Waals surface area contributed by atoms with Crippen LogP contribution in [0.1, 0.15) is 19.4 Å². The van der Waals surface area contributed by atoms with Gasteiger partial charge in [-0.2, -0.15) is 0 Å². The molecule has 0 atom stereocenters. The average Bonchev–Trinajstić information content (AvgIpc) is 2.46. The molecule has 0 aliphatic heterocycles. The van der Waals surface area contributed by atoms with Crippen LogP contribution >= 0.6 is 0 Å². The second-order valence-corrected chi connectivity index (χ2v) is 4.07. The summed E-state index contributed by atoms with van der Waals surface area (Å²) in [6, 6.07) is 7.83. The lowest BCUT2D eigenvalue weighted by atomic mass is 10.2. The molecule has 4 heteroatoms. The Kier molecular flexibility index (Phi) is 8.48. The molecule has 0 aliphatic rings. The standard InChI is InChI=1S/C16H23NO3/c1-4-11-20-15-10-8-7-9-14(15)12-17-13-16(18-5-2)19-6-3/h1,7-10,16-17H,5-6,11-13H2,2-3H3. The highest BCUT2D eigenvalue weighted by molar-refractivity contribution is 5.33. The third kappa shape index (κ3) is 6.07. The molecule has 1 aromatic carbocycles. The second kappa shape index (κ2) is 10.3. The molecule has 1 rings (SSSR count). The summed E-state index contributed by atoms with van der Waals surface area (Å²) in [6.07, 6.45) is 4.99. The van der Waals surface area contributed by atoms with Crippen molar-refractivity contribution < 1.29 is 14.2 Å². The smallest absolute Gasteiger partial charge is 0.169 e. The Bertz CT molecular complexity index is 408. The Balaban J connectivity index is 2.46. The van der Waals surface area contributed by atoms with Crippen molar-refractivity contribution in [2.24, 2.45) is 0 Å². The van der Waals surface area contributed by atoms with Crippen LogP contribution in [0.4, 0.5) is 0 Å². The molecule has 0 radical (unpaired) electrons. The van der Waals surface area contributed by atoms with E-state index in [4.69, 9.17) is 20.6 Å². The Morgan fingerprint density at radius 3 is 2.55 bits per heavy atom. The molecule has 0 aromatic heterocycles. The summed E-state index contributed by atoms with van der Waals surface area (Å²) in [5.74, 6) is 3.28. The van der Waals surface area contributed by atoms with Crippen LogP contribution in [0.5, 0.6) is 5.75 Å². The van der Waals surface area contributed by atoms with Gasteiger partial charge in [0.1, 0.15) is 12.4 Å². The van der Waals surface area contributed by atoms with E-state index < -0.39 is 0 Å². The van der Waals surface area contributed by atoms with E-state index in [0.29, 0.717) is 26.3 Å². The molecule has 0 unspecified atom stereocenters. The van der Waals surface area contributed by atoms with Gasteiger partial charge in [0, 0.05) is 31.9 Å². The third-order valence-electron chi connectivity index (χ3n) is 2.62. The highest BCUT2D eigenvalue weighted by atomic mass is 16.7. The zero-order chi connectivity index (χ0) is 14.6. The first-order valence-corrected chi connectivity index (χ1v) is 6.89. The third-order valence-corrected chi connectivity index (χ3v) is 2.62. The van der Waals surface area contributed by atoms with Crippen molar-refractivity contribution in [1.29, 1.82) is 0 Å². The summed E-state index contributed by atoms with van der Waals surface area (Å²) in [4.78, 5) is 0. The molecular weight excluding hydrogens is 254 g/mol. The van der Waals surface area contributed by atoms with E-state index in [-0.39, 0.29) is 12.9 Å². The highest BCUT2D eigenvalue weighted by Gasteiger charge is 2.08. The minimum absolute atomic E-state index is 0.219. The summed E-state index contributed by atoms with van der Waals surface area (Å²) >= 11 is 0. The molecule has 0 fully saturated rings. The second-order valence-electron chi connectivity index (χ2n) is 4.07. The minimum atomic E-state index is -0.219. The number of hydrogen-bond acceptors (Lipinski definition) is 4. The molecule has 0 heterocycles. The number of hydrogen-bond donors (Lipinski definition) is 1. The van der Waals surface area contributed by atoms with Gasteiger partial charge in [-0.15, -0.1) is 6.42 Å². The van der Waals surface area contributed by atoms with Gasteiger partial charge >= 0.3 is 0 Å². The molecule has 4 nitrogen and oxygen atoms in total. The number of benzene rings is 1. The summed E-state index contributed by atoms with van der Waals surface area (Å²) in [5.41, 5.74) is 1.06. The fraction of sp³-hybridized carbons (Fsp3) is 0.500. The maximum Gasteiger partial charge on any atom is 0.169 e. The lowest BCUT2D eigenvalue weighted by molar-refractivity contribution is -0.133. The first kappa shape index (κ1) is 16.5. The summed E-state index contributed by atoms with van der Waals surface area (Å²) < 4.78 is 16.4. The van der Waals surface area contributed by atoms with Crippen molar-refractivity contribution in [1.82, 2.24) is 5.32 Å². The van der Waals surface area contributed by atoms with E-state index in [0.717, 1.165) is 11.3 Å². The van der Waals surface area contributed by atoms with Gasteiger partial charge < -0.3 is 19.5 Å². The van der Waals surface area contributed by atoms with E-state index in [1.54, 1.807) is 0 Å². The summed E-state index contributed by atoms with van der Waals surface area (Å²) in [7, 11) is 0. The molecule has 0 bridgehead atoms.